The van der Waals surface area contributed by atoms with Crippen molar-refractivity contribution >= 4 is 5.91 Å². The van der Waals surface area contributed by atoms with Crippen LogP contribution in [0.1, 0.15) is 73.4 Å². The number of benzene rings is 2. The number of ether oxygens (including phenoxy) is 1. The van der Waals surface area contributed by atoms with Gasteiger partial charge in [0.15, 0.2) is 6.10 Å². The van der Waals surface area contributed by atoms with Crippen LogP contribution in [0.3, 0.4) is 0 Å². The fraction of sp³-hybridized carbons (Fsp3) is 0.480. The Morgan fingerprint density at radius 1 is 1.00 bits per heavy atom. The van der Waals surface area contributed by atoms with Gasteiger partial charge in [-0.2, -0.15) is 0 Å². The molecule has 0 spiro atoms. The Morgan fingerprint density at radius 3 is 2.46 bits per heavy atom. The van der Waals surface area contributed by atoms with E-state index >= 15 is 0 Å². The minimum atomic E-state index is -0.479. The van der Waals surface area contributed by atoms with Gasteiger partial charge in [0.25, 0.3) is 5.91 Å². The lowest BCUT2D eigenvalue weighted by Crippen LogP contribution is -2.40. The Morgan fingerprint density at radius 2 is 1.75 bits per heavy atom. The van der Waals surface area contributed by atoms with Crippen LogP contribution in [0, 0.1) is 13.8 Å². The lowest BCUT2D eigenvalue weighted by atomic mass is 9.88. The van der Waals surface area contributed by atoms with Crippen LogP contribution in [-0.4, -0.2) is 12.0 Å². The van der Waals surface area contributed by atoms with Crippen molar-refractivity contribution in [2.45, 2.75) is 78.4 Å². The molecule has 2 aromatic rings. The first-order valence-electron chi connectivity index (χ1n) is 10.7. The van der Waals surface area contributed by atoms with E-state index in [0.29, 0.717) is 6.42 Å². The Kier molecular flexibility index (Phi) is 6.77. The molecule has 1 amide bonds. The van der Waals surface area contributed by atoms with Crippen LogP contribution in [-0.2, 0) is 17.6 Å². The monoisotopic (exact) mass is 379 g/mol. The van der Waals surface area contributed by atoms with Crippen molar-refractivity contribution in [2.24, 2.45) is 0 Å². The van der Waals surface area contributed by atoms with Gasteiger partial charge in [-0.25, -0.2) is 0 Å². The van der Waals surface area contributed by atoms with Crippen LogP contribution >= 0.6 is 0 Å². The molecule has 1 N–H and O–H groups in total. The largest absolute Gasteiger partial charge is 0.480 e. The number of aryl methyl sites for hydroxylation is 4. The maximum absolute atomic E-state index is 13.0. The van der Waals surface area contributed by atoms with E-state index < -0.39 is 6.10 Å². The average Bonchev–Trinajstić information content (AvgIpc) is 2.72. The van der Waals surface area contributed by atoms with Gasteiger partial charge in [-0.15, -0.1) is 0 Å². The topological polar surface area (TPSA) is 38.3 Å². The number of carbonyl (C=O) groups excluding carboxylic acids is 1. The molecule has 1 aliphatic rings. The van der Waals surface area contributed by atoms with Crippen LogP contribution in [0.2, 0.25) is 0 Å². The molecular formula is C25H33NO2. The van der Waals surface area contributed by atoms with Crippen LogP contribution in [0.4, 0.5) is 0 Å². The standard InChI is InChI=1S/C25H33NO2/c1-5-22(21-14-13-19-9-7-8-10-20(19)16-21)26-25(27)23(6-2)28-24-15-17(3)11-12-18(24)4/h11-16,22-23H,5-10H2,1-4H3,(H,26,27)/t22-,23-/m1/s1. The second-order valence-electron chi connectivity index (χ2n) is 7.99. The molecule has 3 rings (SSSR count). The van der Waals surface area contributed by atoms with Crippen LogP contribution < -0.4 is 10.1 Å². The highest BCUT2D eigenvalue weighted by atomic mass is 16.5. The molecule has 0 unspecified atom stereocenters. The summed E-state index contributed by atoms with van der Waals surface area (Å²) in [5.41, 5.74) is 6.32. The quantitative estimate of drug-likeness (QED) is 0.679. The highest BCUT2D eigenvalue weighted by molar-refractivity contribution is 5.81. The van der Waals surface area contributed by atoms with Gasteiger partial charge in [0.05, 0.1) is 6.04 Å². The van der Waals surface area contributed by atoms with Gasteiger partial charge >= 0.3 is 0 Å². The lowest BCUT2D eigenvalue weighted by molar-refractivity contribution is -0.129. The number of hydrogen-bond donors (Lipinski definition) is 1. The molecule has 150 valence electrons. The summed E-state index contributed by atoms with van der Waals surface area (Å²) in [6, 6.07) is 12.9. The summed E-state index contributed by atoms with van der Waals surface area (Å²) < 4.78 is 6.10. The smallest absolute Gasteiger partial charge is 0.261 e. The third-order valence-corrected chi connectivity index (χ3v) is 5.78. The van der Waals surface area contributed by atoms with Crippen molar-refractivity contribution in [1.82, 2.24) is 5.32 Å². The second-order valence-corrected chi connectivity index (χ2v) is 7.99. The molecule has 0 radical (unpaired) electrons. The fourth-order valence-corrected chi connectivity index (χ4v) is 3.97. The zero-order chi connectivity index (χ0) is 20.1. The Labute approximate surface area is 169 Å². The molecule has 3 nitrogen and oxygen atoms in total. The maximum Gasteiger partial charge on any atom is 0.261 e. The number of hydrogen-bond acceptors (Lipinski definition) is 2. The van der Waals surface area contributed by atoms with Crippen molar-refractivity contribution in [3.8, 4) is 5.75 Å². The molecule has 3 heteroatoms. The first-order valence-corrected chi connectivity index (χ1v) is 10.7. The fourth-order valence-electron chi connectivity index (χ4n) is 3.97. The van der Waals surface area contributed by atoms with Gasteiger partial charge in [0.1, 0.15) is 5.75 Å². The highest BCUT2D eigenvalue weighted by Crippen LogP contribution is 2.27. The van der Waals surface area contributed by atoms with Gasteiger partial charge in [0, 0.05) is 0 Å². The summed E-state index contributed by atoms with van der Waals surface area (Å²) in [7, 11) is 0. The van der Waals surface area contributed by atoms with Crippen molar-refractivity contribution in [3.05, 3.63) is 64.2 Å². The number of fused-ring (bicyclic) bond motifs is 1. The summed E-state index contributed by atoms with van der Waals surface area (Å²) in [6.45, 7) is 8.17. The second kappa shape index (κ2) is 9.27. The van der Waals surface area contributed by atoms with Gasteiger partial charge in [-0.3, -0.25) is 4.79 Å². The molecular weight excluding hydrogens is 346 g/mol. The number of carbonyl (C=O) groups is 1. The van der Waals surface area contributed by atoms with E-state index in [1.54, 1.807) is 0 Å². The molecule has 0 bridgehead atoms. The molecule has 0 heterocycles. The van der Waals surface area contributed by atoms with E-state index in [1.807, 2.05) is 32.9 Å². The minimum absolute atomic E-state index is 0.0241. The number of amides is 1. The van der Waals surface area contributed by atoms with Crippen LogP contribution in [0.5, 0.6) is 5.75 Å². The summed E-state index contributed by atoms with van der Waals surface area (Å²) >= 11 is 0. The molecule has 0 aromatic heterocycles. The predicted molar refractivity (Wildman–Crippen MR) is 115 cm³/mol. The number of nitrogens with one attached hydrogen (secondary N) is 1. The van der Waals surface area contributed by atoms with Crippen molar-refractivity contribution < 1.29 is 9.53 Å². The molecule has 2 aromatic carbocycles. The molecule has 0 aliphatic heterocycles. The maximum atomic E-state index is 13.0. The lowest BCUT2D eigenvalue weighted by Gasteiger charge is -2.24. The van der Waals surface area contributed by atoms with E-state index in [4.69, 9.17) is 4.74 Å². The first kappa shape index (κ1) is 20.4. The zero-order valence-corrected chi connectivity index (χ0v) is 17.7. The SMILES string of the molecule is CC[C@@H](Oc1cc(C)ccc1C)C(=O)N[C@H](CC)c1ccc2c(c1)CCCC2. The predicted octanol–water partition coefficient (Wildman–Crippen LogP) is 5.61. The van der Waals surface area contributed by atoms with Gasteiger partial charge in [-0.05, 0) is 86.3 Å². The van der Waals surface area contributed by atoms with Crippen LogP contribution in [0.25, 0.3) is 0 Å². The average molecular weight is 380 g/mol. The van der Waals surface area contributed by atoms with Crippen molar-refractivity contribution in [2.75, 3.05) is 0 Å². The third-order valence-electron chi connectivity index (χ3n) is 5.78. The molecule has 0 saturated carbocycles. The summed E-state index contributed by atoms with van der Waals surface area (Å²) in [5, 5.41) is 3.23. The van der Waals surface area contributed by atoms with Gasteiger partial charge in [0.2, 0.25) is 0 Å². The molecule has 0 fully saturated rings. The zero-order valence-electron chi connectivity index (χ0n) is 17.7. The van der Waals surface area contributed by atoms with E-state index in [-0.39, 0.29) is 11.9 Å². The van der Waals surface area contributed by atoms with Gasteiger partial charge < -0.3 is 10.1 Å². The molecule has 1 aliphatic carbocycles. The Hall–Kier alpha value is -2.29. The molecule has 28 heavy (non-hydrogen) atoms. The Balaban J connectivity index is 1.72. The highest BCUT2D eigenvalue weighted by Gasteiger charge is 2.23. The van der Waals surface area contributed by atoms with E-state index in [1.165, 1.54) is 36.0 Å². The first-order chi connectivity index (χ1) is 13.5. The normalized spacial score (nSPS) is 15.4. The van der Waals surface area contributed by atoms with Crippen molar-refractivity contribution in [3.63, 3.8) is 0 Å². The van der Waals surface area contributed by atoms with Crippen molar-refractivity contribution in [1.29, 1.82) is 0 Å². The van der Waals surface area contributed by atoms with E-state index in [9.17, 15) is 4.79 Å². The number of rotatable bonds is 7. The van der Waals surface area contributed by atoms with E-state index in [0.717, 1.165) is 29.7 Å². The molecule has 2 atom stereocenters. The summed E-state index contributed by atoms with van der Waals surface area (Å²) in [6.07, 6.45) is 5.91. The van der Waals surface area contributed by atoms with E-state index in [2.05, 4.69) is 36.5 Å². The molecule has 0 saturated heterocycles. The van der Waals surface area contributed by atoms with Crippen LogP contribution in [0.15, 0.2) is 36.4 Å². The summed E-state index contributed by atoms with van der Waals surface area (Å²) in [5.74, 6) is 0.761. The van der Waals surface area contributed by atoms with Gasteiger partial charge in [-0.1, -0.05) is 44.2 Å². The third kappa shape index (κ3) is 4.76. The summed E-state index contributed by atoms with van der Waals surface area (Å²) in [4.78, 5) is 13.0. The Bertz CT molecular complexity index is 827. The minimum Gasteiger partial charge on any atom is -0.480 e.